The first-order chi connectivity index (χ1) is 6.69. The standard InChI is InChI=1S/C11H13ClO2/c1-3-10(13)8-5-6-11(14-4-2)9(12)7-8/h5-7H,3-4H2,1-2H3. The maximum atomic E-state index is 11.3. The minimum absolute atomic E-state index is 0.0925. The lowest BCUT2D eigenvalue weighted by molar-refractivity contribution is 0.0988. The van der Waals surface area contributed by atoms with Gasteiger partial charge in [-0.1, -0.05) is 18.5 Å². The van der Waals surface area contributed by atoms with Crippen LogP contribution >= 0.6 is 11.6 Å². The Morgan fingerprint density at radius 2 is 2.14 bits per heavy atom. The average molecular weight is 213 g/mol. The van der Waals surface area contributed by atoms with Crippen molar-refractivity contribution < 1.29 is 9.53 Å². The minimum Gasteiger partial charge on any atom is -0.492 e. The van der Waals surface area contributed by atoms with Gasteiger partial charge in [-0.15, -0.1) is 0 Å². The zero-order valence-corrected chi connectivity index (χ0v) is 9.10. The molecule has 0 bridgehead atoms. The van der Waals surface area contributed by atoms with E-state index in [0.717, 1.165) is 0 Å². The fraction of sp³-hybridized carbons (Fsp3) is 0.364. The van der Waals surface area contributed by atoms with Crippen molar-refractivity contribution in [2.75, 3.05) is 6.61 Å². The Hall–Kier alpha value is -1.02. The number of carbonyl (C=O) groups is 1. The zero-order valence-electron chi connectivity index (χ0n) is 8.34. The molecule has 3 heteroatoms. The second-order valence-corrected chi connectivity index (χ2v) is 3.26. The number of carbonyl (C=O) groups excluding carboxylic acids is 1. The molecule has 0 unspecified atom stereocenters. The van der Waals surface area contributed by atoms with Gasteiger partial charge in [0.2, 0.25) is 0 Å². The lowest BCUT2D eigenvalue weighted by Gasteiger charge is -2.06. The van der Waals surface area contributed by atoms with E-state index >= 15 is 0 Å². The molecule has 1 aromatic carbocycles. The highest BCUT2D eigenvalue weighted by Crippen LogP contribution is 2.25. The quantitative estimate of drug-likeness (QED) is 0.716. The maximum absolute atomic E-state index is 11.3. The van der Waals surface area contributed by atoms with Crippen LogP contribution in [0.15, 0.2) is 18.2 Å². The molecule has 0 radical (unpaired) electrons. The molecule has 0 heterocycles. The van der Waals surface area contributed by atoms with Crippen LogP contribution in [0.4, 0.5) is 0 Å². The number of hydrogen-bond donors (Lipinski definition) is 0. The Morgan fingerprint density at radius 1 is 1.43 bits per heavy atom. The summed E-state index contributed by atoms with van der Waals surface area (Å²) in [7, 11) is 0. The summed E-state index contributed by atoms with van der Waals surface area (Å²) >= 11 is 5.93. The van der Waals surface area contributed by atoms with Crippen LogP contribution in [0.3, 0.4) is 0 Å². The Labute approximate surface area is 88.8 Å². The fourth-order valence-corrected chi connectivity index (χ4v) is 1.39. The summed E-state index contributed by atoms with van der Waals surface area (Å²) < 4.78 is 5.26. The Morgan fingerprint density at radius 3 is 2.64 bits per heavy atom. The van der Waals surface area contributed by atoms with E-state index in [2.05, 4.69) is 0 Å². The molecule has 0 fully saturated rings. The molecule has 14 heavy (non-hydrogen) atoms. The number of ether oxygens (including phenoxy) is 1. The molecular formula is C11H13ClO2. The van der Waals surface area contributed by atoms with Crippen LogP contribution < -0.4 is 4.74 Å². The summed E-state index contributed by atoms with van der Waals surface area (Å²) in [6, 6.07) is 5.12. The molecule has 0 aromatic heterocycles. The molecule has 0 N–H and O–H groups in total. The van der Waals surface area contributed by atoms with Crippen molar-refractivity contribution in [3.05, 3.63) is 28.8 Å². The van der Waals surface area contributed by atoms with Crippen molar-refractivity contribution in [3.63, 3.8) is 0 Å². The molecule has 0 spiro atoms. The van der Waals surface area contributed by atoms with E-state index in [1.165, 1.54) is 0 Å². The van der Waals surface area contributed by atoms with Gasteiger partial charge in [0.1, 0.15) is 5.75 Å². The third-order valence-electron chi connectivity index (χ3n) is 1.87. The maximum Gasteiger partial charge on any atom is 0.162 e. The van der Waals surface area contributed by atoms with Crippen molar-refractivity contribution in [3.8, 4) is 5.75 Å². The predicted octanol–water partition coefficient (Wildman–Crippen LogP) is 3.33. The first-order valence-corrected chi connectivity index (χ1v) is 5.02. The number of rotatable bonds is 4. The molecule has 0 aliphatic carbocycles. The van der Waals surface area contributed by atoms with Crippen molar-refractivity contribution in [2.45, 2.75) is 20.3 Å². The van der Waals surface area contributed by atoms with Gasteiger partial charge in [0.05, 0.1) is 11.6 Å². The largest absolute Gasteiger partial charge is 0.492 e. The molecule has 1 aromatic rings. The molecule has 0 saturated heterocycles. The van der Waals surface area contributed by atoms with E-state index in [9.17, 15) is 4.79 Å². The molecule has 0 aliphatic rings. The van der Waals surface area contributed by atoms with E-state index in [1.807, 2.05) is 13.8 Å². The van der Waals surface area contributed by atoms with Crippen LogP contribution in [-0.2, 0) is 0 Å². The van der Waals surface area contributed by atoms with Crippen LogP contribution in [0.1, 0.15) is 30.6 Å². The molecule has 0 atom stereocenters. The van der Waals surface area contributed by atoms with Crippen LogP contribution in [0, 0.1) is 0 Å². The molecule has 1 rings (SSSR count). The van der Waals surface area contributed by atoms with Crippen LogP contribution in [-0.4, -0.2) is 12.4 Å². The summed E-state index contributed by atoms with van der Waals surface area (Å²) in [6.07, 6.45) is 0.490. The number of Topliss-reactive ketones (excluding diaryl/α,β-unsaturated/α-hetero) is 1. The summed E-state index contributed by atoms with van der Waals surface area (Å²) in [5.74, 6) is 0.719. The highest BCUT2D eigenvalue weighted by atomic mass is 35.5. The fourth-order valence-electron chi connectivity index (χ4n) is 1.15. The molecule has 0 amide bonds. The second-order valence-electron chi connectivity index (χ2n) is 2.85. The summed E-state index contributed by atoms with van der Waals surface area (Å²) in [5.41, 5.74) is 0.640. The Kier molecular flexibility index (Phi) is 3.96. The van der Waals surface area contributed by atoms with Gasteiger partial charge in [-0.25, -0.2) is 0 Å². The van der Waals surface area contributed by atoms with E-state index in [0.29, 0.717) is 29.4 Å². The van der Waals surface area contributed by atoms with Gasteiger partial charge in [0.15, 0.2) is 5.78 Å². The summed E-state index contributed by atoms with van der Waals surface area (Å²) in [6.45, 7) is 4.29. The Balaban J connectivity index is 2.94. The highest BCUT2D eigenvalue weighted by Gasteiger charge is 2.06. The van der Waals surface area contributed by atoms with Gasteiger partial charge in [0, 0.05) is 12.0 Å². The number of benzene rings is 1. The Bertz CT molecular complexity index is 334. The smallest absolute Gasteiger partial charge is 0.162 e. The predicted molar refractivity (Wildman–Crippen MR) is 57.2 cm³/mol. The first kappa shape index (κ1) is 11.1. The number of hydrogen-bond acceptors (Lipinski definition) is 2. The minimum atomic E-state index is 0.0925. The van der Waals surface area contributed by atoms with Crippen molar-refractivity contribution in [1.82, 2.24) is 0 Å². The number of halogens is 1. The van der Waals surface area contributed by atoms with E-state index < -0.39 is 0 Å². The van der Waals surface area contributed by atoms with Gasteiger partial charge in [0.25, 0.3) is 0 Å². The summed E-state index contributed by atoms with van der Waals surface area (Å²) in [5, 5.41) is 0.492. The van der Waals surface area contributed by atoms with E-state index in [-0.39, 0.29) is 5.78 Å². The topological polar surface area (TPSA) is 26.3 Å². The normalized spacial score (nSPS) is 9.93. The van der Waals surface area contributed by atoms with Gasteiger partial charge < -0.3 is 4.74 Å². The van der Waals surface area contributed by atoms with Crippen LogP contribution in [0.25, 0.3) is 0 Å². The SMILES string of the molecule is CCOc1ccc(C(=O)CC)cc1Cl. The van der Waals surface area contributed by atoms with Gasteiger partial charge in [-0.05, 0) is 25.1 Å². The van der Waals surface area contributed by atoms with Crippen LogP contribution in [0.5, 0.6) is 5.75 Å². The lowest BCUT2D eigenvalue weighted by Crippen LogP contribution is -1.98. The molecule has 2 nitrogen and oxygen atoms in total. The lowest BCUT2D eigenvalue weighted by atomic mass is 10.1. The molecule has 76 valence electrons. The van der Waals surface area contributed by atoms with Crippen molar-refractivity contribution >= 4 is 17.4 Å². The van der Waals surface area contributed by atoms with Crippen molar-refractivity contribution in [1.29, 1.82) is 0 Å². The second kappa shape index (κ2) is 5.01. The van der Waals surface area contributed by atoms with Crippen molar-refractivity contribution in [2.24, 2.45) is 0 Å². The third-order valence-corrected chi connectivity index (χ3v) is 2.17. The molecule has 0 saturated carbocycles. The van der Waals surface area contributed by atoms with Gasteiger partial charge in [-0.2, -0.15) is 0 Å². The number of ketones is 1. The highest BCUT2D eigenvalue weighted by molar-refractivity contribution is 6.32. The molecule has 0 aliphatic heterocycles. The zero-order chi connectivity index (χ0) is 10.6. The molecular weight excluding hydrogens is 200 g/mol. The van der Waals surface area contributed by atoms with Gasteiger partial charge in [-0.3, -0.25) is 4.79 Å². The monoisotopic (exact) mass is 212 g/mol. The average Bonchev–Trinajstić information content (AvgIpc) is 2.20. The van der Waals surface area contributed by atoms with Crippen LogP contribution in [0.2, 0.25) is 5.02 Å². The van der Waals surface area contributed by atoms with E-state index in [1.54, 1.807) is 18.2 Å². The van der Waals surface area contributed by atoms with Gasteiger partial charge >= 0.3 is 0 Å². The van der Waals surface area contributed by atoms with E-state index in [4.69, 9.17) is 16.3 Å². The summed E-state index contributed by atoms with van der Waals surface area (Å²) in [4.78, 5) is 11.3. The first-order valence-electron chi connectivity index (χ1n) is 4.64. The third kappa shape index (κ3) is 2.48.